The van der Waals surface area contributed by atoms with E-state index in [0.29, 0.717) is 17.7 Å². The molecule has 1 heterocycles. The minimum atomic E-state index is -0.0306. The first-order chi connectivity index (χ1) is 9.13. The van der Waals surface area contributed by atoms with Crippen molar-refractivity contribution >= 4 is 27.5 Å². The van der Waals surface area contributed by atoms with Crippen LogP contribution in [-0.4, -0.2) is 35.1 Å². The van der Waals surface area contributed by atoms with Crippen molar-refractivity contribution in [3.05, 3.63) is 28.2 Å². The van der Waals surface area contributed by atoms with E-state index in [1.165, 1.54) is 0 Å². The smallest absolute Gasteiger partial charge is 0.256 e. The minimum Gasteiger partial charge on any atom is -0.398 e. The lowest BCUT2D eigenvalue weighted by Crippen LogP contribution is -2.44. The van der Waals surface area contributed by atoms with E-state index in [9.17, 15) is 4.79 Å². The summed E-state index contributed by atoms with van der Waals surface area (Å²) >= 11 is 3.37. The van der Waals surface area contributed by atoms with Crippen LogP contribution >= 0.6 is 15.9 Å². The van der Waals surface area contributed by atoms with Gasteiger partial charge in [-0.15, -0.1) is 0 Å². The van der Waals surface area contributed by atoms with Gasteiger partial charge < -0.3 is 15.7 Å². The fourth-order valence-corrected chi connectivity index (χ4v) is 2.95. The molecule has 1 unspecified atom stereocenters. The van der Waals surface area contributed by atoms with Gasteiger partial charge in [-0.05, 0) is 43.9 Å². The molecular formula is C14H19BrN2O2. The first-order valence-electron chi connectivity index (χ1n) is 6.60. The molecule has 0 bridgehead atoms. The number of amides is 1. The van der Waals surface area contributed by atoms with Crippen molar-refractivity contribution in [1.82, 2.24) is 4.90 Å². The zero-order valence-electron chi connectivity index (χ0n) is 10.8. The van der Waals surface area contributed by atoms with Crippen LogP contribution in [0.5, 0.6) is 0 Å². The summed E-state index contributed by atoms with van der Waals surface area (Å²) in [6.07, 6.45) is 3.73. The van der Waals surface area contributed by atoms with Gasteiger partial charge in [0.15, 0.2) is 0 Å². The van der Waals surface area contributed by atoms with Crippen molar-refractivity contribution in [3.8, 4) is 0 Å². The third-order valence-corrected chi connectivity index (χ3v) is 4.09. The highest BCUT2D eigenvalue weighted by Gasteiger charge is 2.28. The number of hydrogen-bond acceptors (Lipinski definition) is 3. The van der Waals surface area contributed by atoms with Crippen molar-refractivity contribution in [2.75, 3.05) is 18.9 Å². The zero-order chi connectivity index (χ0) is 13.8. The molecule has 0 aliphatic carbocycles. The molecule has 1 aromatic carbocycles. The highest BCUT2D eigenvalue weighted by Crippen LogP contribution is 2.25. The molecule has 104 valence electrons. The topological polar surface area (TPSA) is 66.6 Å². The summed E-state index contributed by atoms with van der Waals surface area (Å²) in [5.74, 6) is -0.0306. The van der Waals surface area contributed by atoms with Crippen LogP contribution in [0.3, 0.4) is 0 Å². The van der Waals surface area contributed by atoms with Crippen LogP contribution in [0, 0.1) is 0 Å². The summed E-state index contributed by atoms with van der Waals surface area (Å²) in [7, 11) is 0. The van der Waals surface area contributed by atoms with Gasteiger partial charge >= 0.3 is 0 Å². The third kappa shape index (κ3) is 3.28. The molecule has 19 heavy (non-hydrogen) atoms. The lowest BCUT2D eigenvalue weighted by atomic mass is 9.98. The Morgan fingerprint density at radius 1 is 1.47 bits per heavy atom. The molecule has 5 heteroatoms. The number of nitrogens with two attached hydrogens (primary N) is 1. The summed E-state index contributed by atoms with van der Waals surface area (Å²) in [4.78, 5) is 14.5. The van der Waals surface area contributed by atoms with E-state index in [-0.39, 0.29) is 18.6 Å². The Labute approximate surface area is 121 Å². The first-order valence-corrected chi connectivity index (χ1v) is 7.39. The lowest BCUT2D eigenvalue weighted by molar-refractivity contribution is 0.0575. The average molecular weight is 327 g/mol. The molecule has 0 aromatic heterocycles. The van der Waals surface area contributed by atoms with Gasteiger partial charge in [0.1, 0.15) is 0 Å². The Morgan fingerprint density at radius 3 is 3.00 bits per heavy atom. The molecule has 1 aromatic rings. The Kier molecular flexibility index (Phi) is 4.82. The van der Waals surface area contributed by atoms with E-state index < -0.39 is 0 Å². The van der Waals surface area contributed by atoms with Crippen molar-refractivity contribution in [2.24, 2.45) is 0 Å². The van der Waals surface area contributed by atoms with Gasteiger partial charge in [-0.3, -0.25) is 4.79 Å². The number of carbonyl (C=O) groups is 1. The maximum Gasteiger partial charge on any atom is 0.256 e. The number of piperidine rings is 1. The minimum absolute atomic E-state index is 0.0306. The van der Waals surface area contributed by atoms with E-state index in [1.807, 2.05) is 11.0 Å². The molecule has 1 fully saturated rings. The number of anilines is 1. The number of rotatable bonds is 3. The SMILES string of the molecule is Nc1ccc(Br)cc1C(=O)N1CCCCC1CCO. The van der Waals surface area contributed by atoms with Crippen molar-refractivity contribution in [1.29, 1.82) is 0 Å². The highest BCUT2D eigenvalue weighted by molar-refractivity contribution is 9.10. The summed E-state index contributed by atoms with van der Waals surface area (Å²) in [5, 5.41) is 9.12. The lowest BCUT2D eigenvalue weighted by Gasteiger charge is -2.35. The Balaban J connectivity index is 2.23. The van der Waals surface area contributed by atoms with E-state index >= 15 is 0 Å². The number of aliphatic hydroxyl groups is 1. The van der Waals surface area contributed by atoms with E-state index in [2.05, 4.69) is 15.9 Å². The number of benzene rings is 1. The van der Waals surface area contributed by atoms with Crippen LogP contribution in [0.2, 0.25) is 0 Å². The van der Waals surface area contributed by atoms with Crippen LogP contribution in [0.15, 0.2) is 22.7 Å². The highest BCUT2D eigenvalue weighted by atomic mass is 79.9. The predicted octanol–water partition coefficient (Wildman–Crippen LogP) is 2.41. The maximum atomic E-state index is 12.6. The second-order valence-corrected chi connectivity index (χ2v) is 5.81. The quantitative estimate of drug-likeness (QED) is 0.838. The van der Waals surface area contributed by atoms with Gasteiger partial charge in [0, 0.05) is 29.4 Å². The summed E-state index contributed by atoms with van der Waals surface area (Å²) in [6.45, 7) is 0.859. The summed E-state index contributed by atoms with van der Waals surface area (Å²) in [5.41, 5.74) is 6.94. The van der Waals surface area contributed by atoms with Crippen LogP contribution < -0.4 is 5.73 Å². The molecule has 3 N–H and O–H groups in total. The molecule has 0 saturated carbocycles. The molecule has 0 radical (unpaired) electrons. The molecule has 1 saturated heterocycles. The van der Waals surface area contributed by atoms with Crippen molar-refractivity contribution in [2.45, 2.75) is 31.7 Å². The number of hydrogen-bond donors (Lipinski definition) is 2. The van der Waals surface area contributed by atoms with Gasteiger partial charge in [-0.25, -0.2) is 0 Å². The second-order valence-electron chi connectivity index (χ2n) is 4.89. The predicted molar refractivity (Wildman–Crippen MR) is 78.9 cm³/mol. The molecule has 0 spiro atoms. The van der Waals surface area contributed by atoms with Gasteiger partial charge in [0.25, 0.3) is 5.91 Å². The van der Waals surface area contributed by atoms with Gasteiger partial charge in [0.2, 0.25) is 0 Å². The van der Waals surface area contributed by atoms with Gasteiger partial charge in [0.05, 0.1) is 5.56 Å². The number of aliphatic hydroxyl groups excluding tert-OH is 1. The molecular weight excluding hydrogens is 308 g/mol. The third-order valence-electron chi connectivity index (χ3n) is 3.60. The van der Waals surface area contributed by atoms with E-state index in [0.717, 1.165) is 30.3 Å². The van der Waals surface area contributed by atoms with Crippen LogP contribution in [0.25, 0.3) is 0 Å². The van der Waals surface area contributed by atoms with Gasteiger partial charge in [-0.2, -0.15) is 0 Å². The molecule has 1 aliphatic heterocycles. The van der Waals surface area contributed by atoms with Crippen LogP contribution in [-0.2, 0) is 0 Å². The fraction of sp³-hybridized carbons (Fsp3) is 0.500. The molecule has 1 aliphatic rings. The molecule has 4 nitrogen and oxygen atoms in total. The monoisotopic (exact) mass is 326 g/mol. The maximum absolute atomic E-state index is 12.6. The largest absolute Gasteiger partial charge is 0.398 e. The van der Waals surface area contributed by atoms with Crippen LogP contribution in [0.4, 0.5) is 5.69 Å². The van der Waals surface area contributed by atoms with E-state index in [4.69, 9.17) is 10.8 Å². The Hall–Kier alpha value is -1.07. The Morgan fingerprint density at radius 2 is 2.26 bits per heavy atom. The molecule has 1 atom stereocenters. The summed E-state index contributed by atoms with van der Waals surface area (Å²) in [6, 6.07) is 5.46. The first kappa shape index (κ1) is 14.3. The number of nitrogens with zero attached hydrogens (tertiary/aromatic N) is 1. The average Bonchev–Trinajstić information content (AvgIpc) is 2.42. The number of nitrogen functional groups attached to an aromatic ring is 1. The molecule has 2 rings (SSSR count). The van der Waals surface area contributed by atoms with Gasteiger partial charge in [-0.1, -0.05) is 15.9 Å². The second kappa shape index (κ2) is 6.39. The number of halogens is 1. The Bertz CT molecular complexity index is 463. The number of carbonyl (C=O) groups excluding carboxylic acids is 1. The summed E-state index contributed by atoms with van der Waals surface area (Å²) < 4.78 is 0.848. The van der Waals surface area contributed by atoms with E-state index in [1.54, 1.807) is 12.1 Å². The van der Waals surface area contributed by atoms with Crippen molar-refractivity contribution in [3.63, 3.8) is 0 Å². The number of likely N-dealkylation sites (tertiary alicyclic amines) is 1. The standard InChI is InChI=1S/C14H19BrN2O2/c15-10-4-5-13(16)12(9-10)14(19)17-7-2-1-3-11(17)6-8-18/h4-5,9,11,18H,1-3,6-8,16H2. The fourth-order valence-electron chi connectivity index (χ4n) is 2.59. The van der Waals surface area contributed by atoms with Crippen LogP contribution in [0.1, 0.15) is 36.0 Å². The zero-order valence-corrected chi connectivity index (χ0v) is 12.4. The van der Waals surface area contributed by atoms with Crippen molar-refractivity contribution < 1.29 is 9.90 Å². The normalized spacial score (nSPS) is 19.5. The molecule has 1 amide bonds.